The van der Waals surface area contributed by atoms with Crippen molar-refractivity contribution in [1.82, 2.24) is 15.5 Å². The molecule has 2 N–H and O–H groups in total. The number of rotatable bonds is 5. The van der Waals surface area contributed by atoms with Gasteiger partial charge < -0.3 is 20.3 Å². The zero-order valence-corrected chi connectivity index (χ0v) is 15.2. The maximum Gasteiger partial charge on any atom is 0.253 e. The predicted octanol–water partition coefficient (Wildman–Crippen LogP) is 0.846. The first kappa shape index (κ1) is 20.4. The second-order valence-corrected chi connectivity index (χ2v) is 5.95. The highest BCUT2D eigenvalue weighted by atomic mass is 35.5. The Morgan fingerprint density at radius 2 is 2.12 bits per heavy atom. The van der Waals surface area contributed by atoms with Crippen molar-refractivity contribution in [2.75, 3.05) is 33.8 Å². The summed E-state index contributed by atoms with van der Waals surface area (Å²) in [4.78, 5) is 25.7. The molecular weight excluding hydrogens is 330 g/mol. The Morgan fingerprint density at radius 1 is 1.38 bits per heavy atom. The summed E-state index contributed by atoms with van der Waals surface area (Å²) in [5, 5.41) is 6.09. The smallest absolute Gasteiger partial charge is 0.253 e. The molecule has 134 valence electrons. The molecule has 0 unspecified atom stereocenters. The van der Waals surface area contributed by atoms with Crippen molar-refractivity contribution in [1.29, 1.82) is 0 Å². The number of benzene rings is 1. The van der Waals surface area contributed by atoms with Gasteiger partial charge in [-0.05, 0) is 31.0 Å². The molecule has 0 bridgehead atoms. The van der Waals surface area contributed by atoms with E-state index in [0.717, 1.165) is 5.56 Å². The van der Waals surface area contributed by atoms with Crippen molar-refractivity contribution < 1.29 is 14.3 Å². The number of hydrogen-bond acceptors (Lipinski definition) is 4. The van der Waals surface area contributed by atoms with E-state index in [1.807, 2.05) is 25.1 Å². The van der Waals surface area contributed by atoms with Crippen molar-refractivity contribution in [2.24, 2.45) is 0 Å². The van der Waals surface area contributed by atoms with Gasteiger partial charge in [0.2, 0.25) is 5.91 Å². The number of halogens is 1. The lowest BCUT2D eigenvalue weighted by Gasteiger charge is -2.29. The van der Waals surface area contributed by atoms with E-state index in [-0.39, 0.29) is 36.4 Å². The van der Waals surface area contributed by atoms with Crippen LogP contribution in [0, 0.1) is 0 Å². The minimum absolute atomic E-state index is 0. The van der Waals surface area contributed by atoms with Crippen LogP contribution in [-0.2, 0) is 16.0 Å². The maximum atomic E-state index is 12.1. The molecule has 24 heavy (non-hydrogen) atoms. The lowest BCUT2D eigenvalue weighted by atomic mass is 10.1. The third-order valence-electron chi connectivity index (χ3n) is 3.89. The van der Waals surface area contributed by atoms with Gasteiger partial charge in [-0.15, -0.1) is 12.4 Å². The molecular formula is C17H26ClN3O3. The van der Waals surface area contributed by atoms with Gasteiger partial charge in [0.1, 0.15) is 6.04 Å². The summed E-state index contributed by atoms with van der Waals surface area (Å²) >= 11 is 0. The Kier molecular flexibility index (Phi) is 8.18. The summed E-state index contributed by atoms with van der Waals surface area (Å²) < 4.78 is 5.48. The summed E-state index contributed by atoms with van der Waals surface area (Å²) in [6, 6.07) is 7.20. The van der Waals surface area contributed by atoms with Crippen molar-refractivity contribution >= 4 is 24.2 Å². The van der Waals surface area contributed by atoms with Crippen LogP contribution in [0.3, 0.4) is 0 Å². The minimum Gasteiger partial charge on any atom is -0.375 e. The summed E-state index contributed by atoms with van der Waals surface area (Å²) in [5.41, 5.74) is 1.69. The number of carbonyl (C=O) groups is 2. The molecule has 0 radical (unpaired) electrons. The van der Waals surface area contributed by atoms with E-state index in [0.29, 0.717) is 31.7 Å². The van der Waals surface area contributed by atoms with Crippen molar-refractivity contribution in [3.8, 4) is 0 Å². The molecule has 1 fully saturated rings. The summed E-state index contributed by atoms with van der Waals surface area (Å²) in [6.45, 7) is 3.75. The first-order chi connectivity index (χ1) is 11.0. The molecule has 2 rings (SSSR count). The van der Waals surface area contributed by atoms with Gasteiger partial charge >= 0.3 is 0 Å². The number of hydrogen-bond donors (Lipinski definition) is 2. The highest BCUT2D eigenvalue weighted by Crippen LogP contribution is 2.08. The van der Waals surface area contributed by atoms with Gasteiger partial charge in [0.25, 0.3) is 5.91 Å². The van der Waals surface area contributed by atoms with Gasteiger partial charge in [0.15, 0.2) is 0 Å². The van der Waals surface area contributed by atoms with Crippen LogP contribution in [0.5, 0.6) is 0 Å². The number of nitrogens with one attached hydrogen (secondary N) is 2. The van der Waals surface area contributed by atoms with E-state index in [4.69, 9.17) is 4.74 Å². The van der Waals surface area contributed by atoms with E-state index >= 15 is 0 Å². The van der Waals surface area contributed by atoms with Gasteiger partial charge in [-0.1, -0.05) is 12.1 Å². The zero-order valence-electron chi connectivity index (χ0n) is 14.4. The second-order valence-electron chi connectivity index (χ2n) is 5.95. The first-order valence-corrected chi connectivity index (χ1v) is 7.92. The summed E-state index contributed by atoms with van der Waals surface area (Å²) in [6.07, 6.45) is 0.562. The standard InChI is InChI=1S/C17H25N3O3.ClH/c1-12-15(18-9-10-23-12)16(21)19-8-7-13-5-4-6-14(11-13)17(22)20(2)3;/h4-6,11-12,15,18H,7-10H2,1-3H3,(H,19,21);1H/t12-,15+;/m1./s1. The SMILES string of the molecule is C[C@H]1OCCN[C@@H]1C(=O)NCCc1cccc(C(=O)N(C)C)c1.Cl. The minimum atomic E-state index is -0.301. The number of ether oxygens (including phenoxy) is 1. The molecule has 0 saturated carbocycles. The lowest BCUT2D eigenvalue weighted by molar-refractivity contribution is -0.128. The highest BCUT2D eigenvalue weighted by molar-refractivity contribution is 5.94. The fraction of sp³-hybridized carbons (Fsp3) is 0.529. The Bertz CT molecular complexity index is 566. The fourth-order valence-corrected chi connectivity index (χ4v) is 2.59. The lowest BCUT2D eigenvalue weighted by Crippen LogP contribution is -2.55. The van der Waals surface area contributed by atoms with E-state index in [9.17, 15) is 9.59 Å². The average molecular weight is 356 g/mol. The van der Waals surface area contributed by atoms with Gasteiger partial charge in [-0.25, -0.2) is 0 Å². The molecule has 1 aromatic carbocycles. The molecule has 1 saturated heterocycles. The van der Waals surface area contributed by atoms with Crippen LogP contribution < -0.4 is 10.6 Å². The second kappa shape index (κ2) is 9.61. The molecule has 2 amide bonds. The van der Waals surface area contributed by atoms with Crippen LogP contribution in [0.25, 0.3) is 0 Å². The normalized spacial score (nSPS) is 20.0. The number of morpholine rings is 1. The average Bonchev–Trinajstić information content (AvgIpc) is 2.54. The Hall–Kier alpha value is -1.63. The third-order valence-corrected chi connectivity index (χ3v) is 3.89. The molecule has 6 nitrogen and oxygen atoms in total. The van der Waals surface area contributed by atoms with Crippen molar-refractivity contribution in [3.63, 3.8) is 0 Å². The van der Waals surface area contributed by atoms with Gasteiger partial charge in [-0.2, -0.15) is 0 Å². The summed E-state index contributed by atoms with van der Waals surface area (Å²) in [5.74, 6) is -0.0639. The van der Waals surface area contributed by atoms with Crippen LogP contribution >= 0.6 is 12.4 Å². The van der Waals surface area contributed by atoms with E-state index in [1.165, 1.54) is 0 Å². The van der Waals surface area contributed by atoms with Crippen LogP contribution in [0.15, 0.2) is 24.3 Å². The molecule has 0 spiro atoms. The summed E-state index contributed by atoms with van der Waals surface area (Å²) in [7, 11) is 3.46. The van der Waals surface area contributed by atoms with Crippen LogP contribution in [0.4, 0.5) is 0 Å². The van der Waals surface area contributed by atoms with Gasteiger partial charge in [0.05, 0.1) is 12.7 Å². The Labute approximate surface area is 149 Å². The molecule has 1 aliphatic heterocycles. The molecule has 1 aliphatic rings. The molecule has 1 aromatic rings. The van der Waals surface area contributed by atoms with E-state index in [1.54, 1.807) is 25.1 Å². The molecule has 7 heteroatoms. The molecule has 0 aliphatic carbocycles. The van der Waals surface area contributed by atoms with Crippen molar-refractivity contribution in [3.05, 3.63) is 35.4 Å². The van der Waals surface area contributed by atoms with E-state index < -0.39 is 0 Å². The van der Waals surface area contributed by atoms with Crippen LogP contribution in [-0.4, -0.2) is 62.7 Å². The maximum absolute atomic E-state index is 12.1. The number of carbonyl (C=O) groups excluding carboxylic acids is 2. The van der Waals surface area contributed by atoms with Gasteiger partial charge in [0, 0.05) is 32.7 Å². The van der Waals surface area contributed by atoms with Crippen LogP contribution in [0.1, 0.15) is 22.8 Å². The largest absolute Gasteiger partial charge is 0.375 e. The molecule has 1 heterocycles. The van der Waals surface area contributed by atoms with Crippen molar-refractivity contribution in [2.45, 2.75) is 25.5 Å². The molecule has 0 aromatic heterocycles. The predicted molar refractivity (Wildman–Crippen MR) is 95.6 cm³/mol. The Balaban J connectivity index is 0.00000288. The first-order valence-electron chi connectivity index (χ1n) is 7.92. The number of amides is 2. The van der Waals surface area contributed by atoms with Gasteiger partial charge in [-0.3, -0.25) is 9.59 Å². The Morgan fingerprint density at radius 3 is 2.79 bits per heavy atom. The number of nitrogens with zero attached hydrogens (tertiary/aromatic N) is 1. The highest BCUT2D eigenvalue weighted by Gasteiger charge is 2.27. The van der Waals surface area contributed by atoms with E-state index in [2.05, 4.69) is 10.6 Å². The third kappa shape index (κ3) is 5.47. The quantitative estimate of drug-likeness (QED) is 0.821. The topological polar surface area (TPSA) is 70.7 Å². The van der Waals surface area contributed by atoms with Crippen LogP contribution in [0.2, 0.25) is 0 Å². The fourth-order valence-electron chi connectivity index (χ4n) is 2.59. The molecule has 2 atom stereocenters. The zero-order chi connectivity index (χ0) is 16.8. The monoisotopic (exact) mass is 355 g/mol.